The Labute approximate surface area is 219 Å². The van der Waals surface area contributed by atoms with E-state index in [0.717, 1.165) is 35.3 Å². The highest BCUT2D eigenvalue weighted by atomic mass is 16.5. The van der Waals surface area contributed by atoms with Gasteiger partial charge >= 0.3 is 0 Å². The standard InChI is InChI=1S/C32H34N2O3/c1-2-3-4-10-23-37-30-14-9-8-13-29(30)24-34(31(35)27-11-6-5-7-12-27)32(36)28-17-15-25(16-18-28)26-19-21-33-22-20-26/h5-9,11-22,31,35H,2-4,10,23-24H2,1H3. The number of carbonyl (C=O) groups excluding carboxylic acids is 1. The van der Waals surface area contributed by atoms with Crippen LogP contribution in [0.1, 0.15) is 60.3 Å². The molecule has 4 rings (SSSR count). The highest BCUT2D eigenvalue weighted by molar-refractivity contribution is 5.95. The molecule has 0 bridgehead atoms. The van der Waals surface area contributed by atoms with Gasteiger partial charge < -0.3 is 14.7 Å². The van der Waals surface area contributed by atoms with Crippen LogP contribution in [0.5, 0.6) is 5.75 Å². The minimum atomic E-state index is -1.11. The first-order valence-corrected chi connectivity index (χ1v) is 12.9. The van der Waals surface area contributed by atoms with E-state index in [1.54, 1.807) is 24.5 Å². The number of aliphatic hydroxyl groups excluding tert-OH is 1. The number of para-hydroxylation sites is 1. The molecule has 0 aliphatic rings. The van der Waals surface area contributed by atoms with Crippen LogP contribution in [0.25, 0.3) is 11.1 Å². The summed E-state index contributed by atoms with van der Waals surface area (Å²) in [7, 11) is 0. The van der Waals surface area contributed by atoms with Gasteiger partial charge in [-0.1, -0.05) is 86.8 Å². The molecule has 190 valence electrons. The van der Waals surface area contributed by atoms with Gasteiger partial charge in [-0.25, -0.2) is 0 Å². The molecule has 0 saturated carbocycles. The van der Waals surface area contributed by atoms with Crippen molar-refractivity contribution in [2.75, 3.05) is 6.61 Å². The van der Waals surface area contributed by atoms with Crippen molar-refractivity contribution in [2.24, 2.45) is 0 Å². The smallest absolute Gasteiger partial charge is 0.256 e. The lowest BCUT2D eigenvalue weighted by Gasteiger charge is -2.29. The minimum Gasteiger partial charge on any atom is -0.493 e. The molecule has 1 amide bonds. The van der Waals surface area contributed by atoms with E-state index >= 15 is 0 Å². The monoisotopic (exact) mass is 494 g/mol. The van der Waals surface area contributed by atoms with Crippen LogP contribution < -0.4 is 4.74 Å². The zero-order valence-corrected chi connectivity index (χ0v) is 21.3. The largest absolute Gasteiger partial charge is 0.493 e. The van der Waals surface area contributed by atoms with Crippen LogP contribution in [0, 0.1) is 0 Å². The van der Waals surface area contributed by atoms with Crippen LogP contribution in [0.2, 0.25) is 0 Å². The van der Waals surface area contributed by atoms with Gasteiger partial charge in [0.15, 0.2) is 6.23 Å². The molecule has 4 aromatic rings. The fourth-order valence-electron chi connectivity index (χ4n) is 4.26. The number of aromatic nitrogens is 1. The van der Waals surface area contributed by atoms with E-state index in [9.17, 15) is 9.90 Å². The van der Waals surface area contributed by atoms with Crippen LogP contribution >= 0.6 is 0 Å². The molecule has 0 saturated heterocycles. The molecule has 1 heterocycles. The van der Waals surface area contributed by atoms with Gasteiger partial charge in [0.05, 0.1) is 13.2 Å². The number of rotatable bonds is 12. The van der Waals surface area contributed by atoms with Gasteiger partial charge in [0.1, 0.15) is 5.75 Å². The van der Waals surface area contributed by atoms with Crippen LogP contribution in [0.4, 0.5) is 0 Å². The summed E-state index contributed by atoms with van der Waals surface area (Å²) in [6.45, 7) is 3.03. The Bertz CT molecular complexity index is 1240. The van der Waals surface area contributed by atoms with E-state index in [2.05, 4.69) is 11.9 Å². The van der Waals surface area contributed by atoms with E-state index in [4.69, 9.17) is 4.74 Å². The van der Waals surface area contributed by atoms with Gasteiger partial charge in [0.2, 0.25) is 0 Å². The second kappa shape index (κ2) is 13.4. The fourth-order valence-corrected chi connectivity index (χ4v) is 4.26. The average molecular weight is 495 g/mol. The molecule has 0 radical (unpaired) electrons. The molecule has 1 aromatic heterocycles. The van der Waals surface area contributed by atoms with Crippen LogP contribution in [0.15, 0.2) is 103 Å². The Morgan fingerprint density at radius 3 is 2.24 bits per heavy atom. The number of carbonyl (C=O) groups is 1. The SMILES string of the molecule is CCCCCCOc1ccccc1CN(C(=O)c1ccc(-c2ccncc2)cc1)C(O)c1ccccc1. The molecule has 0 fully saturated rings. The molecule has 1 unspecified atom stereocenters. The number of pyridine rings is 1. The average Bonchev–Trinajstić information content (AvgIpc) is 2.97. The van der Waals surface area contributed by atoms with E-state index < -0.39 is 6.23 Å². The van der Waals surface area contributed by atoms with Crippen molar-refractivity contribution in [2.45, 2.75) is 45.4 Å². The van der Waals surface area contributed by atoms with Gasteiger partial charge in [-0.3, -0.25) is 9.78 Å². The topological polar surface area (TPSA) is 62.7 Å². The number of hydrogen-bond acceptors (Lipinski definition) is 4. The van der Waals surface area contributed by atoms with Crippen molar-refractivity contribution in [3.05, 3.63) is 120 Å². The van der Waals surface area contributed by atoms with Crippen molar-refractivity contribution in [3.8, 4) is 16.9 Å². The molecule has 0 spiro atoms. The molecule has 5 nitrogen and oxygen atoms in total. The summed E-state index contributed by atoms with van der Waals surface area (Å²) in [6, 6.07) is 28.3. The highest BCUT2D eigenvalue weighted by Crippen LogP contribution is 2.28. The lowest BCUT2D eigenvalue weighted by Crippen LogP contribution is -2.34. The second-order valence-corrected chi connectivity index (χ2v) is 9.05. The van der Waals surface area contributed by atoms with Gasteiger partial charge in [-0.05, 0) is 47.9 Å². The molecule has 5 heteroatoms. The zero-order valence-electron chi connectivity index (χ0n) is 21.3. The Kier molecular flexibility index (Phi) is 9.44. The maximum atomic E-state index is 13.8. The normalized spacial score (nSPS) is 11.6. The minimum absolute atomic E-state index is 0.214. The third-order valence-electron chi connectivity index (χ3n) is 6.37. The van der Waals surface area contributed by atoms with E-state index in [-0.39, 0.29) is 12.5 Å². The number of ether oxygens (including phenoxy) is 1. The summed E-state index contributed by atoms with van der Waals surface area (Å²) in [5, 5.41) is 11.3. The third-order valence-corrected chi connectivity index (χ3v) is 6.37. The van der Waals surface area contributed by atoms with Gasteiger partial charge in [0, 0.05) is 29.1 Å². The van der Waals surface area contributed by atoms with Crippen molar-refractivity contribution in [1.29, 1.82) is 0 Å². The number of amides is 1. The number of aliphatic hydroxyl groups is 1. The van der Waals surface area contributed by atoms with Crippen LogP contribution in [-0.4, -0.2) is 27.5 Å². The third kappa shape index (κ3) is 7.05. The predicted molar refractivity (Wildman–Crippen MR) is 147 cm³/mol. The van der Waals surface area contributed by atoms with E-state index in [1.807, 2.05) is 78.9 Å². The molecule has 37 heavy (non-hydrogen) atoms. The highest BCUT2D eigenvalue weighted by Gasteiger charge is 2.26. The lowest BCUT2D eigenvalue weighted by molar-refractivity contribution is 0.00198. The van der Waals surface area contributed by atoms with E-state index in [1.165, 1.54) is 17.7 Å². The molecular formula is C32H34N2O3. The maximum Gasteiger partial charge on any atom is 0.256 e. The van der Waals surface area contributed by atoms with Crippen molar-refractivity contribution in [3.63, 3.8) is 0 Å². The van der Waals surface area contributed by atoms with Crippen LogP contribution in [-0.2, 0) is 6.54 Å². The predicted octanol–water partition coefficient (Wildman–Crippen LogP) is 7.04. The van der Waals surface area contributed by atoms with Gasteiger partial charge in [-0.2, -0.15) is 0 Å². The molecule has 0 aliphatic carbocycles. The second-order valence-electron chi connectivity index (χ2n) is 9.05. The van der Waals surface area contributed by atoms with E-state index in [0.29, 0.717) is 17.7 Å². The lowest BCUT2D eigenvalue weighted by atomic mass is 10.0. The van der Waals surface area contributed by atoms with Crippen molar-refractivity contribution in [1.82, 2.24) is 9.88 Å². The first-order valence-electron chi connectivity index (χ1n) is 12.9. The maximum absolute atomic E-state index is 13.8. The summed E-state index contributed by atoms with van der Waals surface area (Å²) in [5.74, 6) is 0.487. The Morgan fingerprint density at radius 2 is 1.51 bits per heavy atom. The Balaban J connectivity index is 1.58. The van der Waals surface area contributed by atoms with Crippen molar-refractivity contribution < 1.29 is 14.6 Å². The zero-order chi connectivity index (χ0) is 25.9. The summed E-state index contributed by atoms with van der Waals surface area (Å²) >= 11 is 0. The summed E-state index contributed by atoms with van der Waals surface area (Å²) in [4.78, 5) is 19.3. The van der Waals surface area contributed by atoms with Gasteiger partial charge in [0.25, 0.3) is 5.91 Å². The summed E-state index contributed by atoms with van der Waals surface area (Å²) < 4.78 is 6.10. The molecule has 1 atom stereocenters. The Hall–Kier alpha value is -3.96. The number of unbranched alkanes of at least 4 members (excludes halogenated alkanes) is 3. The number of nitrogens with zero attached hydrogens (tertiary/aromatic N) is 2. The molecule has 3 aromatic carbocycles. The van der Waals surface area contributed by atoms with Gasteiger partial charge in [-0.15, -0.1) is 0 Å². The summed E-state index contributed by atoms with van der Waals surface area (Å²) in [5.41, 5.74) is 4.04. The fraction of sp³-hybridized carbons (Fsp3) is 0.250. The molecule has 0 aliphatic heterocycles. The first kappa shape index (κ1) is 26.1. The number of benzene rings is 3. The summed E-state index contributed by atoms with van der Waals surface area (Å²) in [6.07, 6.45) is 6.87. The first-order chi connectivity index (χ1) is 18.2. The molecular weight excluding hydrogens is 460 g/mol. The van der Waals surface area contributed by atoms with Crippen LogP contribution in [0.3, 0.4) is 0 Å². The molecule has 1 N–H and O–H groups in total. The quantitative estimate of drug-likeness (QED) is 0.169. The van der Waals surface area contributed by atoms with Crippen molar-refractivity contribution >= 4 is 5.91 Å². The Morgan fingerprint density at radius 1 is 0.838 bits per heavy atom. The number of hydrogen-bond donors (Lipinski definition) is 1.